The fourth-order valence-corrected chi connectivity index (χ4v) is 3.30. The van der Waals surface area contributed by atoms with Gasteiger partial charge in [0.25, 0.3) is 0 Å². The van der Waals surface area contributed by atoms with Gasteiger partial charge in [-0.3, -0.25) is 14.3 Å². The fraction of sp³-hybridized carbons (Fsp3) is 0.450. The average molecular weight is 457 g/mol. The number of amides is 2. The molecule has 2 aromatic rings. The van der Waals surface area contributed by atoms with Crippen molar-refractivity contribution in [2.75, 3.05) is 45.6 Å². The number of nitrogens with zero attached hydrogens (tertiary/aromatic N) is 4. The molecule has 30 heavy (non-hydrogen) atoms. The molecule has 0 saturated carbocycles. The molecule has 166 valence electrons. The molecule has 1 unspecified atom stereocenters. The Morgan fingerprint density at radius 1 is 1.07 bits per heavy atom. The van der Waals surface area contributed by atoms with Crippen LogP contribution in [0.15, 0.2) is 36.7 Å². The molecule has 8 nitrogen and oxygen atoms in total. The van der Waals surface area contributed by atoms with Crippen LogP contribution in [0.1, 0.15) is 17.2 Å². The minimum Gasteiger partial charge on any atom is -0.340 e. The maximum Gasteiger partial charge on any atom is 0.246 e. The zero-order chi connectivity index (χ0) is 20.1. The number of piperazine rings is 1. The van der Waals surface area contributed by atoms with Gasteiger partial charge in [-0.15, -0.1) is 24.8 Å². The lowest BCUT2D eigenvalue weighted by molar-refractivity contribution is -0.132. The summed E-state index contributed by atoms with van der Waals surface area (Å²) in [5.41, 5.74) is 2.45. The third kappa shape index (κ3) is 6.70. The van der Waals surface area contributed by atoms with E-state index in [0.29, 0.717) is 12.1 Å². The molecule has 0 spiro atoms. The van der Waals surface area contributed by atoms with Crippen LogP contribution in [-0.4, -0.2) is 71.7 Å². The Morgan fingerprint density at radius 3 is 2.23 bits per heavy atom. The van der Waals surface area contributed by atoms with Gasteiger partial charge in [-0.05, 0) is 31.8 Å². The Kier molecular flexibility index (Phi) is 10.3. The number of aromatic nitrogens is 2. The lowest BCUT2D eigenvalue weighted by Gasteiger charge is -2.32. The molecule has 2 N–H and O–H groups in total. The van der Waals surface area contributed by atoms with E-state index in [2.05, 4.69) is 27.7 Å². The molecule has 1 aromatic heterocycles. The Morgan fingerprint density at radius 2 is 1.70 bits per heavy atom. The van der Waals surface area contributed by atoms with Gasteiger partial charge in [0, 0.05) is 50.7 Å². The summed E-state index contributed by atoms with van der Waals surface area (Å²) >= 11 is 0. The smallest absolute Gasteiger partial charge is 0.246 e. The molecule has 1 aliphatic heterocycles. The van der Waals surface area contributed by atoms with Gasteiger partial charge in [0.1, 0.15) is 6.04 Å². The molecule has 3 rings (SSSR count). The molecule has 0 bridgehead atoms. The molecule has 0 aliphatic carbocycles. The summed E-state index contributed by atoms with van der Waals surface area (Å²) in [5, 5.41) is 10.0. The van der Waals surface area contributed by atoms with E-state index in [1.54, 1.807) is 17.9 Å². The first-order valence-electron chi connectivity index (χ1n) is 9.48. The first-order chi connectivity index (χ1) is 13.5. The van der Waals surface area contributed by atoms with Crippen molar-refractivity contribution in [3.8, 4) is 0 Å². The minimum atomic E-state index is -0.479. The van der Waals surface area contributed by atoms with Crippen LogP contribution >= 0.6 is 24.8 Å². The predicted molar refractivity (Wildman–Crippen MR) is 122 cm³/mol. The van der Waals surface area contributed by atoms with E-state index >= 15 is 0 Å². The number of aryl methyl sites for hydroxylation is 1. The highest BCUT2D eigenvalue weighted by Gasteiger charge is 2.21. The van der Waals surface area contributed by atoms with Crippen molar-refractivity contribution in [1.29, 1.82) is 0 Å². The van der Waals surface area contributed by atoms with E-state index in [0.717, 1.165) is 37.3 Å². The Labute approximate surface area is 189 Å². The van der Waals surface area contributed by atoms with Gasteiger partial charge in [0.2, 0.25) is 11.8 Å². The number of carbonyl (C=O) groups is 2. The third-order valence-electron chi connectivity index (χ3n) is 5.04. The topological polar surface area (TPSA) is 82.5 Å². The highest BCUT2D eigenvalue weighted by molar-refractivity contribution is 5.95. The fourth-order valence-electron chi connectivity index (χ4n) is 3.30. The predicted octanol–water partition coefficient (Wildman–Crippen LogP) is 1.48. The summed E-state index contributed by atoms with van der Waals surface area (Å²) in [6.45, 7) is 3.40. The summed E-state index contributed by atoms with van der Waals surface area (Å²) < 4.78 is 1.67. The van der Waals surface area contributed by atoms with E-state index in [4.69, 9.17) is 0 Å². The number of carbonyl (C=O) groups excluding carboxylic acids is 2. The van der Waals surface area contributed by atoms with E-state index in [1.165, 1.54) is 0 Å². The number of hydrogen-bond acceptors (Lipinski definition) is 5. The molecule has 0 radical (unpaired) electrons. The highest BCUT2D eigenvalue weighted by Crippen LogP contribution is 2.16. The summed E-state index contributed by atoms with van der Waals surface area (Å²) in [4.78, 5) is 29.2. The summed E-state index contributed by atoms with van der Waals surface area (Å²) in [6.07, 6.45) is 3.87. The van der Waals surface area contributed by atoms with E-state index in [-0.39, 0.29) is 36.6 Å². The molecular formula is C20H30Cl2N6O2. The van der Waals surface area contributed by atoms with Crippen molar-refractivity contribution < 1.29 is 9.59 Å². The Bertz CT molecular complexity index is 819. The molecule has 1 atom stereocenters. The van der Waals surface area contributed by atoms with Crippen LogP contribution in [0.3, 0.4) is 0 Å². The van der Waals surface area contributed by atoms with E-state index in [9.17, 15) is 9.59 Å². The number of halogens is 2. The zero-order valence-electron chi connectivity index (χ0n) is 17.5. The van der Waals surface area contributed by atoms with Gasteiger partial charge in [0.15, 0.2) is 0 Å². The number of rotatable bonds is 6. The Hall–Kier alpha value is -2.13. The summed E-state index contributed by atoms with van der Waals surface area (Å²) in [6, 6.07) is 6.97. The van der Waals surface area contributed by atoms with Crippen molar-refractivity contribution in [3.63, 3.8) is 0 Å². The lowest BCUT2D eigenvalue weighted by atomic mass is 10.1. The summed E-state index contributed by atoms with van der Waals surface area (Å²) in [5.74, 6) is -0.00604. The van der Waals surface area contributed by atoms with Gasteiger partial charge >= 0.3 is 0 Å². The quantitative estimate of drug-likeness (QED) is 0.687. The second-order valence-corrected chi connectivity index (χ2v) is 7.22. The van der Waals surface area contributed by atoms with Crippen molar-refractivity contribution in [2.45, 2.75) is 12.5 Å². The zero-order valence-corrected chi connectivity index (χ0v) is 19.1. The van der Waals surface area contributed by atoms with Crippen molar-refractivity contribution in [2.24, 2.45) is 7.05 Å². The maximum atomic E-state index is 12.6. The molecule has 2 amide bonds. The van der Waals surface area contributed by atoms with Gasteiger partial charge in [-0.25, -0.2) is 0 Å². The second-order valence-electron chi connectivity index (χ2n) is 7.22. The molecular weight excluding hydrogens is 427 g/mol. The second kappa shape index (κ2) is 11.9. The van der Waals surface area contributed by atoms with Crippen LogP contribution in [0.4, 0.5) is 5.69 Å². The average Bonchev–Trinajstić information content (AvgIpc) is 3.10. The monoisotopic (exact) mass is 456 g/mol. The van der Waals surface area contributed by atoms with Crippen LogP contribution in [0.25, 0.3) is 0 Å². The van der Waals surface area contributed by atoms with Crippen LogP contribution in [-0.2, 0) is 23.1 Å². The number of hydrogen-bond donors (Lipinski definition) is 2. The highest BCUT2D eigenvalue weighted by atomic mass is 35.5. The van der Waals surface area contributed by atoms with Crippen LogP contribution in [0.5, 0.6) is 0 Å². The van der Waals surface area contributed by atoms with Crippen LogP contribution in [0.2, 0.25) is 0 Å². The molecule has 1 fully saturated rings. The van der Waals surface area contributed by atoms with Crippen LogP contribution in [0, 0.1) is 0 Å². The van der Waals surface area contributed by atoms with E-state index in [1.807, 2.05) is 42.4 Å². The molecule has 10 heteroatoms. The van der Waals surface area contributed by atoms with Crippen LogP contribution < -0.4 is 10.6 Å². The van der Waals surface area contributed by atoms with Crippen molar-refractivity contribution in [1.82, 2.24) is 24.9 Å². The first kappa shape index (κ1) is 25.9. The third-order valence-corrected chi connectivity index (χ3v) is 5.04. The van der Waals surface area contributed by atoms with Crippen molar-refractivity contribution in [3.05, 3.63) is 47.8 Å². The minimum absolute atomic E-state index is 0. The van der Waals surface area contributed by atoms with Gasteiger partial charge < -0.3 is 20.4 Å². The van der Waals surface area contributed by atoms with Crippen molar-refractivity contribution >= 4 is 42.3 Å². The lowest BCUT2D eigenvalue weighted by Crippen LogP contribution is -2.47. The van der Waals surface area contributed by atoms with E-state index < -0.39 is 6.04 Å². The summed E-state index contributed by atoms with van der Waals surface area (Å²) in [7, 11) is 5.63. The Balaban J connectivity index is 0.00000225. The number of anilines is 1. The normalized spacial score (nSPS) is 15.0. The maximum absolute atomic E-state index is 12.6. The molecule has 1 saturated heterocycles. The number of nitrogens with one attached hydrogen (secondary N) is 2. The number of likely N-dealkylation sites (N-methyl/N-ethyl adjacent to an activating group) is 2. The largest absolute Gasteiger partial charge is 0.340 e. The number of benzene rings is 1. The first-order valence-corrected chi connectivity index (χ1v) is 9.48. The molecule has 1 aromatic carbocycles. The standard InChI is InChI=1S/C20H28N6O2.2ClH/c1-21-19(16-13-22-25(3)14-16)20(28)23-17-6-4-15(5-7-17)12-18(27)26-10-8-24(2)9-11-26;;/h4-7,13-14,19,21H,8-12H2,1-3H3,(H,23,28);2*1H. The van der Waals surface area contributed by atoms with Gasteiger partial charge in [0.05, 0.1) is 12.6 Å². The molecule has 2 heterocycles. The molecule has 1 aliphatic rings. The van der Waals surface area contributed by atoms with Gasteiger partial charge in [-0.2, -0.15) is 5.10 Å². The SMILES string of the molecule is CNC(C(=O)Nc1ccc(CC(=O)N2CCN(C)CC2)cc1)c1cnn(C)c1.Cl.Cl. The van der Waals surface area contributed by atoms with Gasteiger partial charge in [-0.1, -0.05) is 12.1 Å².